The molecule has 0 spiro atoms. The van der Waals surface area contributed by atoms with Crippen LogP contribution < -0.4 is 11.1 Å². The van der Waals surface area contributed by atoms with E-state index >= 15 is 0 Å². The molecular weight excluding hydrogens is 745 g/mol. The number of imidazole rings is 3. The molecular formula is C41H48N10O7. The number of aromatic nitrogens is 6. The molecule has 304 valence electrons. The highest BCUT2D eigenvalue weighted by Gasteiger charge is 2.39. The van der Waals surface area contributed by atoms with E-state index in [9.17, 15) is 19.2 Å². The zero-order chi connectivity index (χ0) is 40.9. The molecule has 5 N–H and O–H groups in total. The minimum Gasteiger partial charge on any atom is -0.453 e. The summed E-state index contributed by atoms with van der Waals surface area (Å²) in [5, 5.41) is 2.62. The highest BCUT2D eigenvalue weighted by Crippen LogP contribution is 2.35. The van der Waals surface area contributed by atoms with Crippen LogP contribution in [0.15, 0.2) is 73.4 Å². The summed E-state index contributed by atoms with van der Waals surface area (Å²) in [7, 11) is 4.56. The molecule has 17 nitrogen and oxygen atoms in total. The van der Waals surface area contributed by atoms with Crippen LogP contribution in [0, 0.1) is 0 Å². The van der Waals surface area contributed by atoms with Crippen LogP contribution >= 0.6 is 0 Å². The van der Waals surface area contributed by atoms with Gasteiger partial charge in [0.1, 0.15) is 17.7 Å². The van der Waals surface area contributed by atoms with E-state index in [0.29, 0.717) is 31.2 Å². The third-order valence-corrected chi connectivity index (χ3v) is 11.0. The number of carbonyl (C=O) groups excluding carboxylic acids is 4. The number of rotatable bonds is 13. The van der Waals surface area contributed by atoms with E-state index < -0.39 is 30.4 Å². The molecule has 3 aromatic heterocycles. The van der Waals surface area contributed by atoms with Crippen molar-refractivity contribution in [3.8, 4) is 33.6 Å². The minimum atomic E-state index is -1.08. The van der Waals surface area contributed by atoms with Crippen molar-refractivity contribution < 1.29 is 33.4 Å². The zero-order valence-electron chi connectivity index (χ0n) is 32.9. The Labute approximate surface area is 335 Å². The maximum atomic E-state index is 13.7. The van der Waals surface area contributed by atoms with Gasteiger partial charge >= 0.3 is 12.2 Å². The standard InChI is InChI=1S/C41H48N10O7/c1-24(56-3)35(48-41(55)57-4)39(53)51-18-6-8-33(51)37-45-22-31(47-37)28-15-11-26(12-16-28)25-9-13-27(14-10-25)30-21-44-36(46-30)32-7-5-17-50(32)38(52)34(58-40(42)54)19-29-20-43-23-49(29)2/h9-16,20-24,32-35H,5-8,17-19H2,1-4H3,(H2,42,54)(H,44,46)(H,45,47)(H,48,55)/t24-,32+,33?,34+,35+/m1/s1. The number of hydrogen-bond acceptors (Lipinski definition) is 10. The second-order valence-corrected chi connectivity index (χ2v) is 14.6. The maximum Gasteiger partial charge on any atom is 0.407 e. The van der Waals surface area contributed by atoms with Gasteiger partial charge < -0.3 is 49.6 Å². The molecule has 0 bridgehead atoms. The lowest BCUT2D eigenvalue weighted by Gasteiger charge is -2.30. The number of H-pyrrole nitrogens is 2. The van der Waals surface area contributed by atoms with Gasteiger partial charge in [0.05, 0.1) is 55.4 Å². The van der Waals surface area contributed by atoms with E-state index in [1.54, 1.807) is 46.2 Å². The summed E-state index contributed by atoms with van der Waals surface area (Å²) >= 11 is 0. The molecule has 7 rings (SSSR count). The summed E-state index contributed by atoms with van der Waals surface area (Å²) in [6.45, 7) is 2.77. The molecule has 0 saturated carbocycles. The van der Waals surface area contributed by atoms with Crippen molar-refractivity contribution in [3.05, 3.63) is 90.8 Å². The number of primary amides is 1. The van der Waals surface area contributed by atoms with Crippen LogP contribution in [0.1, 0.15) is 62.0 Å². The van der Waals surface area contributed by atoms with Crippen LogP contribution in [0.25, 0.3) is 33.6 Å². The molecule has 17 heteroatoms. The molecule has 2 saturated heterocycles. The van der Waals surface area contributed by atoms with Crippen molar-refractivity contribution >= 4 is 24.0 Å². The van der Waals surface area contributed by atoms with Crippen LogP contribution in [-0.2, 0) is 37.3 Å². The van der Waals surface area contributed by atoms with Gasteiger partial charge in [-0.3, -0.25) is 9.59 Å². The van der Waals surface area contributed by atoms with Crippen molar-refractivity contribution in [2.45, 2.75) is 69.4 Å². The average Bonchev–Trinajstić information content (AvgIpc) is 4.09. The number of carbonyl (C=O) groups is 4. The number of methoxy groups -OCH3 is 2. The lowest BCUT2D eigenvalue weighted by Crippen LogP contribution is -2.54. The summed E-state index contributed by atoms with van der Waals surface area (Å²) < 4.78 is 17.2. The summed E-state index contributed by atoms with van der Waals surface area (Å²) in [5.74, 6) is 0.761. The second kappa shape index (κ2) is 17.3. The Morgan fingerprint density at radius 1 is 0.810 bits per heavy atom. The van der Waals surface area contributed by atoms with Gasteiger partial charge in [-0.05, 0) is 54.9 Å². The van der Waals surface area contributed by atoms with Gasteiger partial charge in [0.25, 0.3) is 5.91 Å². The van der Waals surface area contributed by atoms with Gasteiger partial charge in [-0.15, -0.1) is 0 Å². The number of nitrogens with zero attached hydrogens (tertiary/aromatic N) is 6. The van der Waals surface area contributed by atoms with Gasteiger partial charge in [-0.1, -0.05) is 48.5 Å². The second-order valence-electron chi connectivity index (χ2n) is 14.6. The molecule has 5 heterocycles. The van der Waals surface area contributed by atoms with Crippen molar-refractivity contribution in [3.63, 3.8) is 0 Å². The summed E-state index contributed by atoms with van der Waals surface area (Å²) in [6.07, 6.45) is 6.64. The number of hydrogen-bond donors (Lipinski definition) is 4. The van der Waals surface area contributed by atoms with E-state index in [1.807, 2.05) is 43.4 Å². The molecule has 2 aliphatic rings. The number of nitrogens with two attached hydrogens (primary N) is 1. The van der Waals surface area contributed by atoms with Crippen molar-refractivity contribution in [1.29, 1.82) is 0 Å². The van der Waals surface area contributed by atoms with Crippen molar-refractivity contribution in [2.24, 2.45) is 12.8 Å². The van der Waals surface area contributed by atoms with E-state index in [0.717, 1.165) is 58.6 Å². The van der Waals surface area contributed by atoms with Gasteiger partial charge in [-0.25, -0.2) is 24.5 Å². The first-order valence-electron chi connectivity index (χ1n) is 19.2. The number of amides is 4. The number of benzene rings is 2. The van der Waals surface area contributed by atoms with E-state index in [-0.39, 0.29) is 30.3 Å². The molecule has 5 aromatic rings. The Kier molecular flexibility index (Phi) is 11.9. The predicted molar refractivity (Wildman–Crippen MR) is 212 cm³/mol. The number of alkyl carbamates (subject to hydrolysis) is 1. The van der Waals surface area contributed by atoms with Crippen LogP contribution in [0.4, 0.5) is 9.59 Å². The van der Waals surface area contributed by atoms with Crippen LogP contribution in [0.2, 0.25) is 0 Å². The Morgan fingerprint density at radius 2 is 1.33 bits per heavy atom. The fourth-order valence-electron chi connectivity index (χ4n) is 7.78. The van der Waals surface area contributed by atoms with Gasteiger partial charge in [-0.2, -0.15) is 0 Å². The lowest BCUT2D eigenvalue weighted by molar-refractivity contribution is -0.141. The van der Waals surface area contributed by atoms with Gasteiger partial charge in [0.2, 0.25) is 5.91 Å². The normalized spacial score (nSPS) is 18.1. The molecule has 1 unspecified atom stereocenters. The Hall–Kier alpha value is -6.49. The molecule has 0 aliphatic carbocycles. The summed E-state index contributed by atoms with van der Waals surface area (Å²) in [6, 6.07) is 14.8. The van der Waals surface area contributed by atoms with Gasteiger partial charge in [0.15, 0.2) is 6.10 Å². The van der Waals surface area contributed by atoms with Gasteiger partial charge in [0, 0.05) is 45.6 Å². The van der Waals surface area contributed by atoms with Crippen LogP contribution in [0.3, 0.4) is 0 Å². The molecule has 5 atom stereocenters. The molecule has 2 aromatic carbocycles. The zero-order valence-corrected chi connectivity index (χ0v) is 32.9. The number of nitrogens with one attached hydrogen (secondary N) is 3. The summed E-state index contributed by atoms with van der Waals surface area (Å²) in [5.41, 5.74) is 11.7. The molecule has 4 amide bonds. The SMILES string of the molecule is COC(=O)N[C@H](C(=O)N1CCCC1c1ncc(-c2ccc(-c3ccc(-c4cnc([C@@H]5CCCN5C(=O)[C@H](Cc5cncn5C)OC(N)=O)[nH]4)cc3)cc2)[nH]1)[C@@H](C)OC. The van der Waals surface area contributed by atoms with Crippen LogP contribution in [-0.4, -0.2) is 109 Å². The quantitative estimate of drug-likeness (QED) is 0.129. The number of ether oxygens (including phenoxy) is 3. The molecule has 2 fully saturated rings. The third-order valence-electron chi connectivity index (χ3n) is 11.0. The lowest BCUT2D eigenvalue weighted by atomic mass is 10.0. The maximum absolute atomic E-state index is 13.7. The first kappa shape index (κ1) is 39.7. The largest absolute Gasteiger partial charge is 0.453 e. The molecule has 2 aliphatic heterocycles. The fourth-order valence-corrected chi connectivity index (χ4v) is 7.78. The Bertz CT molecular complexity index is 2230. The first-order valence-corrected chi connectivity index (χ1v) is 19.2. The van der Waals surface area contributed by atoms with Crippen molar-refractivity contribution in [2.75, 3.05) is 27.3 Å². The molecule has 0 radical (unpaired) electrons. The highest BCUT2D eigenvalue weighted by molar-refractivity contribution is 5.87. The molecule has 58 heavy (non-hydrogen) atoms. The van der Waals surface area contributed by atoms with Crippen molar-refractivity contribution in [1.82, 2.24) is 44.6 Å². The number of aromatic amines is 2. The minimum absolute atomic E-state index is 0.155. The van der Waals surface area contributed by atoms with E-state index in [2.05, 4.69) is 42.4 Å². The van der Waals surface area contributed by atoms with E-state index in [1.165, 1.54) is 14.2 Å². The number of likely N-dealkylation sites (tertiary alicyclic amines) is 2. The predicted octanol–water partition coefficient (Wildman–Crippen LogP) is 4.66. The Balaban J connectivity index is 1.00. The topological polar surface area (TPSA) is 216 Å². The van der Waals surface area contributed by atoms with Crippen LogP contribution in [0.5, 0.6) is 0 Å². The number of aryl methyl sites for hydroxylation is 1. The monoisotopic (exact) mass is 792 g/mol. The third kappa shape index (κ3) is 8.44. The highest BCUT2D eigenvalue weighted by atomic mass is 16.6. The summed E-state index contributed by atoms with van der Waals surface area (Å²) in [4.78, 5) is 74.8. The van der Waals surface area contributed by atoms with E-state index in [4.69, 9.17) is 19.9 Å². The first-order chi connectivity index (χ1) is 28.0. The average molecular weight is 793 g/mol. The smallest absolute Gasteiger partial charge is 0.407 e. The Morgan fingerprint density at radius 3 is 1.79 bits per heavy atom. The fraction of sp³-hybridized carbons (Fsp3) is 0.390.